The summed E-state index contributed by atoms with van der Waals surface area (Å²) >= 11 is 0. The summed E-state index contributed by atoms with van der Waals surface area (Å²) in [6.07, 6.45) is -0.171. The maximum absolute atomic E-state index is 11.7. The molecule has 1 amide bonds. The average molecular weight is 236 g/mol. The topological polar surface area (TPSA) is 64.3 Å². The number of ether oxygens (including phenoxy) is 1. The van der Waals surface area contributed by atoms with E-state index in [1.165, 1.54) is 0 Å². The number of rotatable bonds is 8. The van der Waals surface area contributed by atoms with Gasteiger partial charge >= 0.3 is 0 Å². The van der Waals surface area contributed by atoms with E-state index in [0.29, 0.717) is 12.5 Å². The third-order valence-electron chi connectivity index (χ3n) is 2.51. The molecule has 1 saturated carbocycles. The van der Waals surface area contributed by atoms with E-state index in [2.05, 4.69) is 10.1 Å². The molecule has 0 radical (unpaired) electrons. The van der Waals surface area contributed by atoms with Gasteiger partial charge < -0.3 is 15.8 Å². The zero-order valence-electron chi connectivity index (χ0n) is 9.12. The Bertz CT molecular complexity index is 223. The molecule has 1 atom stereocenters. The Morgan fingerprint density at radius 3 is 2.69 bits per heavy atom. The van der Waals surface area contributed by atoms with E-state index < -0.39 is 13.0 Å². The first-order chi connectivity index (χ1) is 7.63. The number of nitrogens with two attached hydrogens (primary N) is 1. The van der Waals surface area contributed by atoms with Crippen LogP contribution >= 0.6 is 0 Å². The Morgan fingerprint density at radius 1 is 1.50 bits per heavy atom. The van der Waals surface area contributed by atoms with Crippen LogP contribution in [0.5, 0.6) is 0 Å². The molecule has 0 spiro atoms. The van der Waals surface area contributed by atoms with Crippen LogP contribution in [0, 0.1) is 5.92 Å². The summed E-state index contributed by atoms with van der Waals surface area (Å²) < 4.78 is 28.0. The Kier molecular flexibility index (Phi) is 5.62. The lowest BCUT2D eigenvalue weighted by Gasteiger charge is -2.15. The number of carbonyl (C=O) groups is 1. The molecule has 1 aliphatic rings. The van der Waals surface area contributed by atoms with Crippen molar-refractivity contribution in [3.05, 3.63) is 0 Å². The largest absolute Gasteiger partial charge is 0.375 e. The zero-order valence-corrected chi connectivity index (χ0v) is 9.12. The Morgan fingerprint density at radius 2 is 2.19 bits per heavy atom. The Hall–Kier alpha value is -0.750. The number of amides is 1. The third-order valence-corrected chi connectivity index (χ3v) is 2.51. The third kappa shape index (κ3) is 5.37. The van der Waals surface area contributed by atoms with Crippen molar-refractivity contribution in [3.8, 4) is 0 Å². The molecule has 0 saturated heterocycles. The molecule has 1 aliphatic carbocycles. The van der Waals surface area contributed by atoms with Gasteiger partial charge in [-0.25, -0.2) is 8.78 Å². The average Bonchev–Trinajstić information content (AvgIpc) is 3.04. The van der Waals surface area contributed by atoms with Crippen molar-refractivity contribution in [3.63, 3.8) is 0 Å². The molecule has 6 heteroatoms. The summed E-state index contributed by atoms with van der Waals surface area (Å²) in [5, 5.41) is 2.79. The Balaban J connectivity index is 2.05. The molecule has 0 aliphatic heterocycles. The van der Waals surface area contributed by atoms with Crippen LogP contribution in [0.25, 0.3) is 0 Å². The van der Waals surface area contributed by atoms with Gasteiger partial charge in [0.2, 0.25) is 5.91 Å². The summed E-state index contributed by atoms with van der Waals surface area (Å²) in [6, 6.07) is 0.0302. The van der Waals surface area contributed by atoms with Gasteiger partial charge in [-0.2, -0.15) is 0 Å². The number of halogens is 2. The van der Waals surface area contributed by atoms with Crippen molar-refractivity contribution in [2.24, 2.45) is 11.7 Å². The highest BCUT2D eigenvalue weighted by Gasteiger charge is 2.30. The molecule has 1 unspecified atom stereocenters. The van der Waals surface area contributed by atoms with Crippen molar-refractivity contribution in [2.75, 3.05) is 19.8 Å². The molecular weight excluding hydrogens is 218 g/mol. The second kappa shape index (κ2) is 6.75. The summed E-state index contributed by atoms with van der Waals surface area (Å²) in [5.74, 6) is 0.313. The lowest BCUT2D eigenvalue weighted by Crippen LogP contribution is -2.42. The second-order valence-corrected chi connectivity index (χ2v) is 3.96. The SMILES string of the molecule is NCC(NC(=O)CCOCC(F)F)C1CC1. The normalized spacial score (nSPS) is 17.5. The smallest absolute Gasteiger partial charge is 0.261 e. The molecule has 4 nitrogen and oxygen atoms in total. The fraction of sp³-hybridized carbons (Fsp3) is 0.900. The van der Waals surface area contributed by atoms with Gasteiger partial charge in [0.1, 0.15) is 6.61 Å². The van der Waals surface area contributed by atoms with E-state index in [1.807, 2.05) is 0 Å². The summed E-state index contributed by atoms with van der Waals surface area (Å²) in [6.45, 7) is -0.164. The number of carbonyl (C=O) groups excluding carboxylic acids is 1. The highest BCUT2D eigenvalue weighted by atomic mass is 19.3. The highest BCUT2D eigenvalue weighted by molar-refractivity contribution is 5.76. The van der Waals surface area contributed by atoms with Gasteiger partial charge in [0, 0.05) is 19.0 Å². The van der Waals surface area contributed by atoms with E-state index in [1.54, 1.807) is 0 Å². The lowest BCUT2D eigenvalue weighted by molar-refractivity contribution is -0.123. The summed E-state index contributed by atoms with van der Waals surface area (Å²) in [4.78, 5) is 11.4. The highest BCUT2D eigenvalue weighted by Crippen LogP contribution is 2.32. The van der Waals surface area contributed by atoms with Crippen LogP contribution in [0.15, 0.2) is 0 Å². The molecule has 16 heavy (non-hydrogen) atoms. The minimum Gasteiger partial charge on any atom is -0.375 e. The number of nitrogens with one attached hydrogen (secondary N) is 1. The fourth-order valence-electron chi connectivity index (χ4n) is 1.48. The van der Waals surface area contributed by atoms with E-state index in [0.717, 1.165) is 12.8 Å². The first-order valence-corrected chi connectivity index (χ1v) is 5.48. The van der Waals surface area contributed by atoms with E-state index in [4.69, 9.17) is 5.73 Å². The van der Waals surface area contributed by atoms with E-state index in [-0.39, 0.29) is 25.0 Å². The molecule has 3 N–H and O–H groups in total. The van der Waals surface area contributed by atoms with Crippen molar-refractivity contribution in [1.29, 1.82) is 0 Å². The molecule has 0 aromatic carbocycles. The van der Waals surface area contributed by atoms with Gasteiger partial charge in [-0.15, -0.1) is 0 Å². The van der Waals surface area contributed by atoms with Gasteiger partial charge in [0.15, 0.2) is 0 Å². The van der Waals surface area contributed by atoms with Crippen molar-refractivity contribution >= 4 is 5.91 Å². The van der Waals surface area contributed by atoms with Crippen LogP contribution < -0.4 is 11.1 Å². The summed E-state index contributed by atoms with van der Waals surface area (Å²) in [7, 11) is 0. The quantitative estimate of drug-likeness (QED) is 0.604. The molecule has 1 rings (SSSR count). The molecular formula is C10H18F2N2O2. The van der Waals surface area contributed by atoms with Crippen molar-refractivity contribution < 1.29 is 18.3 Å². The van der Waals surface area contributed by atoms with Gasteiger partial charge in [-0.1, -0.05) is 0 Å². The first kappa shape index (κ1) is 13.3. The van der Waals surface area contributed by atoms with Gasteiger partial charge in [0.25, 0.3) is 6.43 Å². The fourth-order valence-corrected chi connectivity index (χ4v) is 1.48. The summed E-state index contributed by atoms with van der Waals surface area (Å²) in [5.41, 5.74) is 5.51. The number of hydrogen-bond acceptors (Lipinski definition) is 3. The van der Waals surface area contributed by atoms with Crippen molar-refractivity contribution in [1.82, 2.24) is 5.32 Å². The molecule has 94 valence electrons. The van der Waals surface area contributed by atoms with E-state index >= 15 is 0 Å². The Labute approximate surface area is 93.5 Å². The monoisotopic (exact) mass is 236 g/mol. The van der Waals surface area contributed by atoms with Crippen LogP contribution in [0.2, 0.25) is 0 Å². The van der Waals surface area contributed by atoms with Crippen LogP contribution in [0.3, 0.4) is 0 Å². The maximum Gasteiger partial charge on any atom is 0.261 e. The van der Waals surface area contributed by atoms with Crippen LogP contribution in [0.4, 0.5) is 8.78 Å². The minimum absolute atomic E-state index is 0.0259. The molecule has 0 bridgehead atoms. The molecule has 0 aromatic rings. The van der Waals surface area contributed by atoms with E-state index in [9.17, 15) is 13.6 Å². The molecule has 0 heterocycles. The number of alkyl halides is 2. The standard InChI is InChI=1S/C10H18F2N2O2/c11-9(12)6-16-4-3-10(15)14-8(5-13)7-1-2-7/h7-9H,1-6,13H2,(H,14,15). The second-order valence-electron chi connectivity index (χ2n) is 3.96. The van der Waals surface area contributed by atoms with Crippen molar-refractivity contribution in [2.45, 2.75) is 31.7 Å². The van der Waals surface area contributed by atoms with Gasteiger partial charge in [-0.3, -0.25) is 4.79 Å². The molecule has 1 fully saturated rings. The predicted octanol–water partition coefficient (Wildman–Crippen LogP) is 0.512. The molecule has 0 aromatic heterocycles. The maximum atomic E-state index is 11.7. The van der Waals surface area contributed by atoms with Gasteiger partial charge in [0.05, 0.1) is 6.61 Å². The van der Waals surface area contributed by atoms with Crippen LogP contribution in [-0.2, 0) is 9.53 Å². The van der Waals surface area contributed by atoms with Crippen LogP contribution in [-0.4, -0.2) is 38.1 Å². The zero-order chi connectivity index (χ0) is 12.0. The lowest BCUT2D eigenvalue weighted by atomic mass is 10.2. The minimum atomic E-state index is -2.48. The number of hydrogen-bond donors (Lipinski definition) is 2. The first-order valence-electron chi connectivity index (χ1n) is 5.48. The van der Waals surface area contributed by atoms with Crippen LogP contribution in [0.1, 0.15) is 19.3 Å². The predicted molar refractivity (Wildman–Crippen MR) is 55.1 cm³/mol. The van der Waals surface area contributed by atoms with Gasteiger partial charge in [-0.05, 0) is 18.8 Å².